The van der Waals surface area contributed by atoms with Gasteiger partial charge in [-0.05, 0) is 60.4 Å². The average Bonchev–Trinajstić information content (AvgIpc) is 3.36. The number of aromatic amines is 1. The number of amides is 3. The number of carbonyl (C=O) groups is 2. The van der Waals surface area contributed by atoms with Gasteiger partial charge < -0.3 is 5.32 Å². The summed E-state index contributed by atoms with van der Waals surface area (Å²) in [6.45, 7) is 3.93. The Kier molecular flexibility index (Phi) is 6.50. The molecule has 1 aliphatic rings. The number of imide groups is 1. The predicted molar refractivity (Wildman–Crippen MR) is 143 cm³/mol. The van der Waals surface area contributed by atoms with Crippen LogP contribution >= 0.6 is 0 Å². The van der Waals surface area contributed by atoms with E-state index in [9.17, 15) is 14.4 Å². The number of benzene rings is 3. The molecule has 3 amide bonds. The third kappa shape index (κ3) is 4.65. The van der Waals surface area contributed by atoms with Crippen LogP contribution in [0.25, 0.3) is 11.8 Å². The fourth-order valence-electron chi connectivity index (χ4n) is 4.54. The van der Waals surface area contributed by atoms with Gasteiger partial charge in [0.05, 0.1) is 29.4 Å². The number of aromatic nitrogens is 2. The molecule has 2 heterocycles. The van der Waals surface area contributed by atoms with Gasteiger partial charge in [0.2, 0.25) is 0 Å². The van der Waals surface area contributed by atoms with E-state index in [1.54, 1.807) is 24.3 Å². The minimum absolute atomic E-state index is 0.00811. The van der Waals surface area contributed by atoms with Crippen molar-refractivity contribution in [2.24, 2.45) is 0 Å². The maximum Gasteiger partial charge on any atom is 0.329 e. The number of nitrogens with one attached hydrogen (secondary N) is 2. The Morgan fingerprint density at radius 2 is 1.66 bits per heavy atom. The Morgan fingerprint density at radius 3 is 2.39 bits per heavy atom. The van der Waals surface area contributed by atoms with Crippen molar-refractivity contribution in [1.29, 1.82) is 5.26 Å². The van der Waals surface area contributed by atoms with Crippen molar-refractivity contribution in [3.63, 3.8) is 0 Å². The van der Waals surface area contributed by atoms with Crippen LogP contribution in [0.4, 0.5) is 4.79 Å². The van der Waals surface area contributed by atoms with Crippen molar-refractivity contribution in [1.82, 2.24) is 20.0 Å². The molecule has 0 unspecified atom stereocenters. The topological polar surface area (TPSA) is 111 Å². The molecule has 5 rings (SSSR count). The number of nitriles is 1. The largest absolute Gasteiger partial charge is 0.329 e. The fraction of sp³-hybridized carbons (Fsp3) is 0.133. The van der Waals surface area contributed by atoms with Crippen LogP contribution in [0.3, 0.4) is 0 Å². The zero-order chi connectivity index (χ0) is 26.8. The molecule has 3 aromatic carbocycles. The molecule has 0 bridgehead atoms. The number of hydrogen-bond acceptors (Lipinski definition) is 4. The van der Waals surface area contributed by atoms with Gasteiger partial charge in [-0.15, -0.1) is 0 Å². The number of urea groups is 1. The van der Waals surface area contributed by atoms with Gasteiger partial charge in [0, 0.05) is 12.1 Å². The number of H-pyrrole nitrogens is 1. The van der Waals surface area contributed by atoms with Gasteiger partial charge in [0.15, 0.2) is 0 Å². The maximum atomic E-state index is 13.7. The van der Waals surface area contributed by atoms with Crippen molar-refractivity contribution < 1.29 is 9.59 Å². The van der Waals surface area contributed by atoms with Crippen molar-refractivity contribution in [2.45, 2.75) is 26.8 Å². The van der Waals surface area contributed by atoms with E-state index < -0.39 is 11.9 Å². The maximum absolute atomic E-state index is 13.7. The molecule has 0 aliphatic carbocycles. The molecule has 0 spiro atoms. The van der Waals surface area contributed by atoms with Crippen LogP contribution in [-0.2, 0) is 17.8 Å². The molecule has 8 nitrogen and oxygen atoms in total. The smallest absolute Gasteiger partial charge is 0.303 e. The summed E-state index contributed by atoms with van der Waals surface area (Å²) in [7, 11) is 0. The molecular weight excluding hydrogens is 478 g/mol. The molecule has 1 aromatic heterocycles. The minimum Gasteiger partial charge on any atom is -0.303 e. The van der Waals surface area contributed by atoms with E-state index >= 15 is 0 Å². The molecule has 4 aromatic rings. The molecule has 0 saturated carbocycles. The van der Waals surface area contributed by atoms with Gasteiger partial charge in [-0.3, -0.25) is 19.6 Å². The van der Waals surface area contributed by atoms with E-state index in [2.05, 4.69) is 16.5 Å². The van der Waals surface area contributed by atoms with E-state index in [1.165, 1.54) is 10.8 Å². The molecule has 8 heteroatoms. The summed E-state index contributed by atoms with van der Waals surface area (Å²) < 4.78 is 1.47. The minimum atomic E-state index is -0.584. The SMILES string of the molecule is Cc1ccccc1Cc1[nH]n(-c2ccccc2C)c(=O)c1C=C1NC(=O)N(Cc2cccc(C#N)c2)C1=O. The molecular formula is C30H25N5O3. The van der Waals surface area contributed by atoms with Gasteiger partial charge >= 0.3 is 6.03 Å². The fourth-order valence-corrected chi connectivity index (χ4v) is 4.54. The van der Waals surface area contributed by atoms with Gasteiger partial charge in [-0.2, -0.15) is 5.26 Å². The Bertz CT molecular complexity index is 1700. The van der Waals surface area contributed by atoms with Gasteiger partial charge in [-0.25, -0.2) is 9.48 Å². The summed E-state index contributed by atoms with van der Waals surface area (Å²) >= 11 is 0. The third-order valence-electron chi connectivity index (χ3n) is 6.64. The molecule has 2 N–H and O–H groups in total. The Morgan fingerprint density at radius 1 is 0.921 bits per heavy atom. The monoisotopic (exact) mass is 503 g/mol. The number of carbonyl (C=O) groups excluding carboxylic acids is 2. The first-order valence-electron chi connectivity index (χ1n) is 12.1. The number of hydrogen-bond donors (Lipinski definition) is 2. The Balaban J connectivity index is 1.55. The molecule has 188 valence electrons. The number of rotatable bonds is 6. The molecule has 1 fully saturated rings. The zero-order valence-electron chi connectivity index (χ0n) is 21.0. The zero-order valence-corrected chi connectivity index (χ0v) is 21.0. The summed E-state index contributed by atoms with van der Waals surface area (Å²) in [6.07, 6.45) is 1.89. The van der Waals surface area contributed by atoms with E-state index in [0.29, 0.717) is 34.5 Å². The first-order valence-corrected chi connectivity index (χ1v) is 12.1. The highest BCUT2D eigenvalue weighted by molar-refractivity contribution is 6.13. The second-order valence-electron chi connectivity index (χ2n) is 9.23. The lowest BCUT2D eigenvalue weighted by molar-refractivity contribution is -0.123. The van der Waals surface area contributed by atoms with E-state index in [0.717, 1.165) is 21.6 Å². The van der Waals surface area contributed by atoms with Crippen molar-refractivity contribution in [3.8, 4) is 11.8 Å². The Labute approximate surface area is 219 Å². The predicted octanol–water partition coefficient (Wildman–Crippen LogP) is 4.34. The highest BCUT2D eigenvalue weighted by atomic mass is 16.2. The van der Waals surface area contributed by atoms with Crippen LogP contribution in [0.1, 0.15) is 39.1 Å². The van der Waals surface area contributed by atoms with Gasteiger partial charge in [-0.1, -0.05) is 54.6 Å². The molecule has 38 heavy (non-hydrogen) atoms. The quantitative estimate of drug-likeness (QED) is 0.301. The van der Waals surface area contributed by atoms with E-state index in [-0.39, 0.29) is 17.8 Å². The van der Waals surface area contributed by atoms with Crippen molar-refractivity contribution in [3.05, 3.63) is 128 Å². The molecule has 0 atom stereocenters. The van der Waals surface area contributed by atoms with Gasteiger partial charge in [0.25, 0.3) is 11.5 Å². The van der Waals surface area contributed by atoms with E-state index in [1.807, 2.05) is 62.4 Å². The molecule has 1 aliphatic heterocycles. The van der Waals surface area contributed by atoms with Crippen LogP contribution < -0.4 is 10.9 Å². The Hall–Kier alpha value is -5.16. The number of para-hydroxylation sites is 1. The van der Waals surface area contributed by atoms with Crippen LogP contribution in [-0.4, -0.2) is 26.6 Å². The summed E-state index contributed by atoms with van der Waals surface area (Å²) in [5, 5.41) is 15.0. The standard InChI is InChI=1S/C30H25N5O3/c1-19-8-3-5-12-23(19)15-25-24(28(36)35(33-25)27-13-6-4-9-20(27)2)16-26-29(37)34(30(38)32-26)18-22-11-7-10-21(14-22)17-31/h3-14,16,33H,15,18H2,1-2H3,(H,32,38). The van der Waals surface area contributed by atoms with Crippen molar-refractivity contribution in [2.75, 3.05) is 0 Å². The normalized spacial score (nSPS) is 14.1. The summed E-state index contributed by atoms with van der Waals surface area (Å²) in [6, 6.07) is 23.6. The average molecular weight is 504 g/mol. The van der Waals surface area contributed by atoms with Gasteiger partial charge in [0.1, 0.15) is 5.70 Å². The second-order valence-corrected chi connectivity index (χ2v) is 9.23. The lowest BCUT2D eigenvalue weighted by Crippen LogP contribution is -2.30. The van der Waals surface area contributed by atoms with E-state index in [4.69, 9.17) is 5.26 Å². The van der Waals surface area contributed by atoms with Crippen LogP contribution in [0.5, 0.6) is 0 Å². The second kappa shape index (κ2) is 10.1. The molecule has 1 saturated heterocycles. The highest BCUT2D eigenvalue weighted by Crippen LogP contribution is 2.21. The first kappa shape index (κ1) is 24.5. The lowest BCUT2D eigenvalue weighted by atomic mass is 10.0. The third-order valence-corrected chi connectivity index (χ3v) is 6.64. The molecule has 0 radical (unpaired) electrons. The number of aryl methyl sites for hydroxylation is 2. The van der Waals surface area contributed by atoms with Crippen LogP contribution in [0, 0.1) is 25.2 Å². The lowest BCUT2D eigenvalue weighted by Gasteiger charge is -2.11. The van der Waals surface area contributed by atoms with Crippen LogP contribution in [0.15, 0.2) is 83.3 Å². The summed E-state index contributed by atoms with van der Waals surface area (Å²) in [4.78, 5) is 40.7. The first-order chi connectivity index (χ1) is 18.4. The van der Waals surface area contributed by atoms with Crippen LogP contribution in [0.2, 0.25) is 0 Å². The summed E-state index contributed by atoms with van der Waals surface area (Å²) in [5.74, 6) is -0.540. The highest BCUT2D eigenvalue weighted by Gasteiger charge is 2.34. The summed E-state index contributed by atoms with van der Waals surface area (Å²) in [5.41, 5.74) is 5.44. The van der Waals surface area contributed by atoms with Crippen molar-refractivity contribution >= 4 is 18.0 Å². The number of nitrogens with zero attached hydrogens (tertiary/aromatic N) is 3.